The molecule has 2 unspecified atom stereocenters. The van der Waals surface area contributed by atoms with Gasteiger partial charge in [0, 0.05) is 17.7 Å². The topological polar surface area (TPSA) is 133 Å². The number of rotatable bonds is 5. The first-order chi connectivity index (χ1) is 15.3. The zero-order valence-electron chi connectivity index (χ0n) is 16.9. The van der Waals surface area contributed by atoms with Gasteiger partial charge < -0.3 is 15.6 Å². The SMILES string of the molecule is NC(=O)C1(OC(=O)c2ccc(-c3ccccc3)cc2)c2cc([N+](=O)[O-])ccc2CCC1O. The molecule has 0 saturated carbocycles. The van der Waals surface area contributed by atoms with Crippen molar-refractivity contribution in [3.63, 3.8) is 0 Å². The number of nitrogens with two attached hydrogens (primary N) is 1. The van der Waals surface area contributed by atoms with Crippen LogP contribution in [-0.2, 0) is 21.6 Å². The molecule has 162 valence electrons. The third-order valence-corrected chi connectivity index (χ3v) is 5.71. The number of non-ortho nitro benzene ring substituents is 1. The van der Waals surface area contributed by atoms with Gasteiger partial charge in [0.05, 0.1) is 10.5 Å². The van der Waals surface area contributed by atoms with Crippen molar-refractivity contribution in [3.05, 3.63) is 99.6 Å². The largest absolute Gasteiger partial charge is 0.437 e. The molecule has 0 bridgehead atoms. The van der Waals surface area contributed by atoms with Crippen LogP contribution in [0.5, 0.6) is 0 Å². The summed E-state index contributed by atoms with van der Waals surface area (Å²) in [6.45, 7) is 0. The standard InChI is InChI=1S/C24H20N2O6/c25-23(29)24(20-14-19(26(30)31)12-10-17(20)11-13-21(24)27)32-22(28)18-8-6-16(7-9-18)15-4-2-1-3-5-15/h1-10,12,14,21,27H,11,13H2,(H2,25,29). The molecular formula is C24H20N2O6. The summed E-state index contributed by atoms with van der Waals surface area (Å²) in [5.74, 6) is -1.97. The Kier molecular flexibility index (Phi) is 5.46. The van der Waals surface area contributed by atoms with Gasteiger partial charge in [-0.1, -0.05) is 48.5 Å². The van der Waals surface area contributed by atoms with Crippen molar-refractivity contribution in [3.8, 4) is 11.1 Å². The van der Waals surface area contributed by atoms with Crippen molar-refractivity contribution in [2.75, 3.05) is 0 Å². The number of carbonyl (C=O) groups excluding carboxylic acids is 2. The first-order valence-electron chi connectivity index (χ1n) is 9.97. The Morgan fingerprint density at radius 2 is 1.69 bits per heavy atom. The first-order valence-corrected chi connectivity index (χ1v) is 9.97. The van der Waals surface area contributed by atoms with Crippen LogP contribution in [0.1, 0.15) is 27.9 Å². The third kappa shape index (κ3) is 3.61. The molecule has 0 fully saturated rings. The van der Waals surface area contributed by atoms with Crippen LogP contribution in [-0.4, -0.2) is 28.0 Å². The Bertz CT molecular complexity index is 1190. The molecule has 0 aliphatic heterocycles. The predicted octanol–water partition coefficient (Wildman–Crippen LogP) is 3.11. The van der Waals surface area contributed by atoms with Crippen molar-refractivity contribution < 1.29 is 24.4 Å². The van der Waals surface area contributed by atoms with Gasteiger partial charge in [0.1, 0.15) is 6.10 Å². The number of aliphatic hydroxyl groups is 1. The molecule has 1 aliphatic carbocycles. The molecule has 0 saturated heterocycles. The quantitative estimate of drug-likeness (QED) is 0.362. The molecule has 2 atom stereocenters. The van der Waals surface area contributed by atoms with Crippen LogP contribution in [0, 0.1) is 10.1 Å². The summed E-state index contributed by atoms with van der Waals surface area (Å²) in [4.78, 5) is 36.2. The van der Waals surface area contributed by atoms with E-state index in [0.29, 0.717) is 12.0 Å². The highest BCUT2D eigenvalue weighted by atomic mass is 16.6. The van der Waals surface area contributed by atoms with E-state index >= 15 is 0 Å². The number of amides is 1. The number of carbonyl (C=O) groups is 2. The van der Waals surface area contributed by atoms with Crippen molar-refractivity contribution in [1.82, 2.24) is 0 Å². The van der Waals surface area contributed by atoms with Crippen LogP contribution >= 0.6 is 0 Å². The number of aliphatic hydroxyl groups excluding tert-OH is 1. The lowest BCUT2D eigenvalue weighted by molar-refractivity contribution is -0.385. The third-order valence-electron chi connectivity index (χ3n) is 5.71. The maximum absolute atomic E-state index is 13.0. The number of esters is 1. The van der Waals surface area contributed by atoms with E-state index in [9.17, 15) is 24.8 Å². The van der Waals surface area contributed by atoms with E-state index in [-0.39, 0.29) is 23.2 Å². The van der Waals surface area contributed by atoms with E-state index in [0.717, 1.165) is 17.2 Å². The Labute approximate surface area is 183 Å². The molecule has 8 heteroatoms. The monoisotopic (exact) mass is 432 g/mol. The fourth-order valence-corrected chi connectivity index (χ4v) is 4.02. The minimum Gasteiger partial charge on any atom is -0.437 e. The molecule has 0 heterocycles. The van der Waals surface area contributed by atoms with Gasteiger partial charge in [-0.05, 0) is 41.7 Å². The van der Waals surface area contributed by atoms with Gasteiger partial charge in [-0.2, -0.15) is 0 Å². The van der Waals surface area contributed by atoms with Crippen molar-refractivity contribution in [1.29, 1.82) is 0 Å². The summed E-state index contributed by atoms with van der Waals surface area (Å²) >= 11 is 0. The van der Waals surface area contributed by atoms with Crippen LogP contribution in [0.25, 0.3) is 11.1 Å². The van der Waals surface area contributed by atoms with Crippen molar-refractivity contribution in [2.45, 2.75) is 24.5 Å². The van der Waals surface area contributed by atoms with Gasteiger partial charge in [-0.3, -0.25) is 14.9 Å². The minimum absolute atomic E-state index is 0.0344. The summed E-state index contributed by atoms with van der Waals surface area (Å²) in [6.07, 6.45) is -0.983. The van der Waals surface area contributed by atoms with Crippen molar-refractivity contribution >= 4 is 17.6 Å². The molecule has 0 spiro atoms. The van der Waals surface area contributed by atoms with Gasteiger partial charge >= 0.3 is 5.97 Å². The number of nitro groups is 1. The second-order valence-corrected chi connectivity index (χ2v) is 7.59. The maximum Gasteiger partial charge on any atom is 0.339 e. The summed E-state index contributed by atoms with van der Waals surface area (Å²) in [6, 6.07) is 20.0. The number of fused-ring (bicyclic) bond motifs is 1. The minimum atomic E-state index is -2.23. The van der Waals surface area contributed by atoms with E-state index in [4.69, 9.17) is 10.5 Å². The molecule has 3 aromatic carbocycles. The Morgan fingerprint density at radius 3 is 2.31 bits per heavy atom. The number of nitro benzene ring substituents is 1. The van der Waals surface area contributed by atoms with E-state index in [1.807, 2.05) is 30.3 Å². The lowest BCUT2D eigenvalue weighted by Gasteiger charge is -2.39. The van der Waals surface area contributed by atoms with Gasteiger partial charge in [0.15, 0.2) is 0 Å². The number of hydrogen-bond donors (Lipinski definition) is 2. The molecule has 8 nitrogen and oxygen atoms in total. The number of hydrogen-bond acceptors (Lipinski definition) is 6. The van der Waals surface area contributed by atoms with E-state index in [1.54, 1.807) is 24.3 Å². The molecule has 0 aromatic heterocycles. The summed E-state index contributed by atoms with van der Waals surface area (Å²) in [7, 11) is 0. The maximum atomic E-state index is 13.0. The fraction of sp³-hybridized carbons (Fsp3) is 0.167. The van der Waals surface area contributed by atoms with Gasteiger partial charge in [-0.15, -0.1) is 0 Å². The Hall–Kier alpha value is -4.04. The normalized spacial score (nSPS) is 19.6. The Morgan fingerprint density at radius 1 is 1.03 bits per heavy atom. The average molecular weight is 432 g/mol. The highest BCUT2D eigenvalue weighted by molar-refractivity contribution is 5.95. The summed E-state index contributed by atoms with van der Waals surface area (Å²) < 4.78 is 5.56. The lowest BCUT2D eigenvalue weighted by Crippen LogP contribution is -2.55. The smallest absolute Gasteiger partial charge is 0.339 e. The number of benzene rings is 3. The highest BCUT2D eigenvalue weighted by Crippen LogP contribution is 2.41. The highest BCUT2D eigenvalue weighted by Gasteiger charge is 2.53. The number of ether oxygens (including phenoxy) is 1. The summed E-state index contributed by atoms with van der Waals surface area (Å²) in [5, 5.41) is 22.0. The first kappa shape index (κ1) is 21.2. The van der Waals surface area contributed by atoms with Crippen LogP contribution in [0.4, 0.5) is 5.69 Å². The molecular weight excluding hydrogens is 412 g/mol. The van der Waals surface area contributed by atoms with E-state index in [1.165, 1.54) is 12.1 Å². The van der Waals surface area contributed by atoms with E-state index < -0.39 is 28.5 Å². The summed E-state index contributed by atoms with van der Waals surface area (Å²) in [5.41, 5.74) is 5.66. The predicted molar refractivity (Wildman–Crippen MR) is 116 cm³/mol. The van der Waals surface area contributed by atoms with Gasteiger partial charge in [0.25, 0.3) is 11.6 Å². The lowest BCUT2D eigenvalue weighted by atomic mass is 9.76. The van der Waals surface area contributed by atoms with Gasteiger partial charge in [-0.25, -0.2) is 4.79 Å². The van der Waals surface area contributed by atoms with Crippen LogP contribution in [0.2, 0.25) is 0 Å². The number of primary amides is 1. The molecule has 32 heavy (non-hydrogen) atoms. The molecule has 4 rings (SSSR count). The molecule has 3 aromatic rings. The molecule has 3 N–H and O–H groups in total. The van der Waals surface area contributed by atoms with E-state index in [2.05, 4.69) is 0 Å². The zero-order chi connectivity index (χ0) is 22.9. The van der Waals surface area contributed by atoms with Crippen LogP contribution in [0.3, 0.4) is 0 Å². The van der Waals surface area contributed by atoms with Crippen molar-refractivity contribution in [2.24, 2.45) is 5.73 Å². The van der Waals surface area contributed by atoms with Gasteiger partial charge in [0.2, 0.25) is 5.60 Å². The Balaban J connectivity index is 1.71. The van der Waals surface area contributed by atoms with Crippen LogP contribution < -0.4 is 5.73 Å². The second kappa shape index (κ2) is 8.24. The second-order valence-electron chi connectivity index (χ2n) is 7.59. The fourth-order valence-electron chi connectivity index (χ4n) is 4.02. The molecule has 1 amide bonds. The molecule has 0 radical (unpaired) electrons. The van der Waals surface area contributed by atoms with Crippen LogP contribution in [0.15, 0.2) is 72.8 Å². The number of aryl methyl sites for hydroxylation is 1. The molecule has 1 aliphatic rings. The average Bonchev–Trinajstić information content (AvgIpc) is 2.81. The number of nitrogens with zero attached hydrogens (tertiary/aromatic N) is 1. The zero-order valence-corrected chi connectivity index (χ0v) is 16.9.